The van der Waals surface area contributed by atoms with Gasteiger partial charge in [0, 0.05) is 17.7 Å². The van der Waals surface area contributed by atoms with Crippen molar-refractivity contribution in [2.45, 2.75) is 77.3 Å². The van der Waals surface area contributed by atoms with Gasteiger partial charge in [-0.15, -0.1) is 0 Å². The van der Waals surface area contributed by atoms with Crippen LogP contribution in [-0.4, -0.2) is 34.8 Å². The van der Waals surface area contributed by atoms with Crippen molar-refractivity contribution in [1.29, 1.82) is 0 Å². The maximum Gasteiger partial charge on any atom is 0.287 e. The van der Waals surface area contributed by atoms with Crippen molar-refractivity contribution < 1.29 is 18.8 Å². The molecule has 156 valence electrons. The highest BCUT2D eigenvalue weighted by Gasteiger charge is 2.25. The molecule has 7 heteroatoms. The van der Waals surface area contributed by atoms with Gasteiger partial charge in [-0.05, 0) is 37.8 Å². The molecule has 6 nitrogen and oxygen atoms in total. The van der Waals surface area contributed by atoms with Gasteiger partial charge in [0.05, 0.1) is 6.26 Å². The van der Waals surface area contributed by atoms with Gasteiger partial charge in [-0.2, -0.15) is 0 Å². The van der Waals surface area contributed by atoms with Crippen molar-refractivity contribution in [2.75, 3.05) is 5.75 Å². The third-order valence-corrected chi connectivity index (χ3v) is 6.17. The van der Waals surface area contributed by atoms with Gasteiger partial charge in [0.1, 0.15) is 6.04 Å². The maximum atomic E-state index is 12.7. The Balaban J connectivity index is 1.78. The van der Waals surface area contributed by atoms with E-state index < -0.39 is 6.04 Å². The standard InChI is InChI=1S/C21H32N2O4S/c1-15(2)21(26)28-14-7-3-4-11-17(19(24)22-16-9-5-6-10-16)23-20(25)18-12-8-13-27-18/h8,12-13,15-17H,3-7,9-11,14H2,1-2H3,(H,22,24)(H,23,25)/t17-/m0/s1. The predicted molar refractivity (Wildman–Crippen MR) is 111 cm³/mol. The van der Waals surface area contributed by atoms with Crippen molar-refractivity contribution in [2.24, 2.45) is 5.92 Å². The lowest BCUT2D eigenvalue weighted by Gasteiger charge is -2.20. The first kappa shape index (κ1) is 22.5. The van der Waals surface area contributed by atoms with Crippen LogP contribution in [0.5, 0.6) is 0 Å². The van der Waals surface area contributed by atoms with Crippen LogP contribution in [0.4, 0.5) is 0 Å². The number of amides is 2. The molecule has 0 spiro atoms. The first-order valence-electron chi connectivity index (χ1n) is 10.3. The Hall–Kier alpha value is -1.76. The number of thioether (sulfide) groups is 1. The summed E-state index contributed by atoms with van der Waals surface area (Å²) in [6, 6.07) is 2.89. The molecule has 0 unspecified atom stereocenters. The molecule has 1 aliphatic carbocycles. The molecule has 2 amide bonds. The number of hydrogen-bond donors (Lipinski definition) is 2. The van der Waals surface area contributed by atoms with Crippen LogP contribution >= 0.6 is 11.8 Å². The first-order valence-corrected chi connectivity index (χ1v) is 11.3. The van der Waals surface area contributed by atoms with Gasteiger partial charge >= 0.3 is 0 Å². The van der Waals surface area contributed by atoms with E-state index in [0.717, 1.165) is 50.7 Å². The van der Waals surface area contributed by atoms with Crippen molar-refractivity contribution in [3.8, 4) is 0 Å². The van der Waals surface area contributed by atoms with Crippen molar-refractivity contribution >= 4 is 28.7 Å². The molecule has 1 saturated carbocycles. The summed E-state index contributed by atoms with van der Waals surface area (Å²) in [6.07, 6.45) is 8.97. The van der Waals surface area contributed by atoms with Crippen LogP contribution in [0.2, 0.25) is 0 Å². The van der Waals surface area contributed by atoms with Gasteiger partial charge < -0.3 is 15.1 Å². The summed E-state index contributed by atoms with van der Waals surface area (Å²) in [5, 5.41) is 6.11. The second kappa shape index (κ2) is 11.9. The lowest BCUT2D eigenvalue weighted by molar-refractivity contribution is -0.123. The first-order chi connectivity index (χ1) is 13.5. The van der Waals surface area contributed by atoms with E-state index in [1.165, 1.54) is 18.0 Å². The molecule has 0 bridgehead atoms. The molecule has 28 heavy (non-hydrogen) atoms. The van der Waals surface area contributed by atoms with Crippen LogP contribution in [0.15, 0.2) is 22.8 Å². The largest absolute Gasteiger partial charge is 0.459 e. The molecule has 0 aliphatic heterocycles. The summed E-state index contributed by atoms with van der Waals surface area (Å²) in [5.74, 6) is 0.591. The van der Waals surface area contributed by atoms with Crippen LogP contribution in [-0.2, 0) is 9.59 Å². The van der Waals surface area contributed by atoms with E-state index in [-0.39, 0.29) is 34.6 Å². The minimum absolute atomic E-state index is 0.0606. The number of hydrogen-bond acceptors (Lipinski definition) is 5. The monoisotopic (exact) mass is 408 g/mol. The molecular weight excluding hydrogens is 376 g/mol. The number of rotatable bonds is 11. The molecule has 0 aromatic carbocycles. The number of carbonyl (C=O) groups excluding carboxylic acids is 3. The number of furan rings is 1. The van der Waals surface area contributed by atoms with Crippen LogP contribution in [0.1, 0.15) is 75.8 Å². The van der Waals surface area contributed by atoms with E-state index >= 15 is 0 Å². The third-order valence-electron chi connectivity index (χ3n) is 4.92. The quantitative estimate of drug-likeness (QED) is 0.542. The Morgan fingerprint density at radius 3 is 2.57 bits per heavy atom. The van der Waals surface area contributed by atoms with Gasteiger partial charge in [0.25, 0.3) is 5.91 Å². The fraction of sp³-hybridized carbons (Fsp3) is 0.667. The molecule has 1 aliphatic rings. The molecule has 1 heterocycles. The highest BCUT2D eigenvalue weighted by Crippen LogP contribution is 2.18. The van der Waals surface area contributed by atoms with Gasteiger partial charge in [-0.25, -0.2) is 0 Å². The molecule has 0 saturated heterocycles. The topological polar surface area (TPSA) is 88.4 Å². The molecule has 1 fully saturated rings. The molecule has 1 atom stereocenters. The van der Waals surface area contributed by atoms with Crippen molar-refractivity contribution in [3.05, 3.63) is 24.2 Å². The smallest absolute Gasteiger partial charge is 0.287 e. The highest BCUT2D eigenvalue weighted by molar-refractivity contribution is 8.13. The molecule has 0 radical (unpaired) electrons. The number of nitrogens with one attached hydrogen (secondary N) is 2. The minimum atomic E-state index is -0.567. The predicted octanol–water partition coefficient (Wildman–Crippen LogP) is 3.91. The summed E-state index contributed by atoms with van der Waals surface area (Å²) in [6.45, 7) is 3.81. The lowest BCUT2D eigenvalue weighted by atomic mass is 10.1. The van der Waals surface area contributed by atoms with Crippen molar-refractivity contribution in [3.63, 3.8) is 0 Å². The van der Waals surface area contributed by atoms with E-state index in [4.69, 9.17) is 4.42 Å². The normalized spacial score (nSPS) is 15.5. The number of carbonyl (C=O) groups is 3. The van der Waals surface area contributed by atoms with E-state index in [1.807, 2.05) is 13.8 Å². The van der Waals surface area contributed by atoms with Crippen LogP contribution in [0, 0.1) is 5.92 Å². The summed E-state index contributed by atoms with van der Waals surface area (Å²) >= 11 is 1.38. The zero-order chi connectivity index (χ0) is 20.4. The van der Waals surface area contributed by atoms with Crippen LogP contribution < -0.4 is 10.6 Å². The molecule has 1 aromatic rings. The van der Waals surface area contributed by atoms with Gasteiger partial charge in [0.15, 0.2) is 10.9 Å². The lowest BCUT2D eigenvalue weighted by Crippen LogP contribution is -2.49. The minimum Gasteiger partial charge on any atom is -0.459 e. The summed E-state index contributed by atoms with van der Waals surface area (Å²) in [5.41, 5.74) is 0. The maximum absolute atomic E-state index is 12.7. The Labute approximate surface area is 171 Å². The summed E-state index contributed by atoms with van der Waals surface area (Å²) in [7, 11) is 0. The average Bonchev–Trinajstić information content (AvgIpc) is 3.36. The van der Waals surface area contributed by atoms with Gasteiger partial charge in [-0.3, -0.25) is 14.4 Å². The van der Waals surface area contributed by atoms with E-state index in [0.29, 0.717) is 6.42 Å². The average molecular weight is 409 g/mol. The summed E-state index contributed by atoms with van der Waals surface area (Å²) < 4.78 is 5.13. The van der Waals surface area contributed by atoms with Gasteiger partial charge in [0.2, 0.25) is 5.91 Å². The van der Waals surface area contributed by atoms with Crippen molar-refractivity contribution in [1.82, 2.24) is 10.6 Å². The zero-order valence-electron chi connectivity index (χ0n) is 16.9. The fourth-order valence-electron chi connectivity index (χ4n) is 3.24. The van der Waals surface area contributed by atoms with E-state index in [2.05, 4.69) is 10.6 Å². The second-order valence-corrected chi connectivity index (χ2v) is 8.76. The Kier molecular flexibility index (Phi) is 9.61. The van der Waals surface area contributed by atoms with Crippen LogP contribution in [0.25, 0.3) is 0 Å². The van der Waals surface area contributed by atoms with Gasteiger partial charge in [-0.1, -0.05) is 51.3 Å². The van der Waals surface area contributed by atoms with Crippen LogP contribution in [0.3, 0.4) is 0 Å². The fourth-order valence-corrected chi connectivity index (χ4v) is 4.13. The SMILES string of the molecule is CC(C)C(=O)SCCCCC[C@H](NC(=O)c1ccco1)C(=O)NC1CCCC1. The highest BCUT2D eigenvalue weighted by atomic mass is 32.2. The van der Waals surface area contributed by atoms with E-state index in [1.54, 1.807) is 12.1 Å². The molecule has 2 rings (SSSR count). The molecule has 1 aromatic heterocycles. The second-order valence-electron chi connectivity index (χ2n) is 7.66. The zero-order valence-corrected chi connectivity index (χ0v) is 17.7. The Morgan fingerprint density at radius 2 is 1.93 bits per heavy atom. The Bertz CT molecular complexity index is 624. The third kappa shape index (κ3) is 7.70. The van der Waals surface area contributed by atoms with E-state index in [9.17, 15) is 14.4 Å². The number of unbranched alkanes of at least 4 members (excludes halogenated alkanes) is 2. The Morgan fingerprint density at radius 1 is 1.18 bits per heavy atom. The molecular formula is C21H32N2O4S. The summed E-state index contributed by atoms with van der Waals surface area (Å²) in [4.78, 5) is 36.6. The molecule has 2 N–H and O–H groups in total.